The van der Waals surface area contributed by atoms with Crippen molar-refractivity contribution in [2.24, 2.45) is 0 Å². The molecular formula is C37H45N7O5. The van der Waals surface area contributed by atoms with Crippen LogP contribution in [0.25, 0.3) is 0 Å². The number of hydrogen-bond acceptors (Lipinski definition) is 10. The van der Waals surface area contributed by atoms with Crippen molar-refractivity contribution in [3.63, 3.8) is 0 Å². The highest BCUT2D eigenvalue weighted by Crippen LogP contribution is 2.36. The normalized spacial score (nSPS) is 13.1. The van der Waals surface area contributed by atoms with Gasteiger partial charge in [-0.25, -0.2) is 4.98 Å². The number of likely N-dealkylation sites (N-methyl/N-ethyl adjacent to an activating group) is 2. The van der Waals surface area contributed by atoms with E-state index < -0.39 is 5.91 Å². The van der Waals surface area contributed by atoms with Crippen molar-refractivity contribution in [1.29, 1.82) is 0 Å². The predicted octanol–water partition coefficient (Wildman–Crippen LogP) is 5.89. The minimum Gasteiger partial charge on any atom is -0.493 e. The summed E-state index contributed by atoms with van der Waals surface area (Å²) >= 11 is 0. The number of piperazine rings is 1. The first-order valence-electron chi connectivity index (χ1n) is 16.5. The summed E-state index contributed by atoms with van der Waals surface area (Å²) in [6.07, 6.45) is 1.44. The lowest BCUT2D eigenvalue weighted by molar-refractivity contribution is -0.132. The van der Waals surface area contributed by atoms with E-state index in [0.717, 1.165) is 48.7 Å². The zero-order chi connectivity index (χ0) is 34.9. The molecule has 1 aliphatic rings. The van der Waals surface area contributed by atoms with Crippen LogP contribution in [-0.4, -0.2) is 91.6 Å². The third-order valence-electron chi connectivity index (χ3n) is 8.53. The number of para-hydroxylation sites is 1. The maximum Gasteiger partial charge on any atom is 0.262 e. The highest BCUT2D eigenvalue weighted by molar-refractivity contribution is 6.06. The van der Waals surface area contributed by atoms with E-state index in [-0.39, 0.29) is 29.9 Å². The van der Waals surface area contributed by atoms with E-state index in [0.29, 0.717) is 36.0 Å². The molecule has 1 saturated heterocycles. The number of benzene rings is 3. The summed E-state index contributed by atoms with van der Waals surface area (Å²) in [6, 6.07) is 18.9. The monoisotopic (exact) mass is 667 g/mol. The van der Waals surface area contributed by atoms with Gasteiger partial charge in [0.1, 0.15) is 11.3 Å². The second kappa shape index (κ2) is 16.2. The van der Waals surface area contributed by atoms with E-state index in [9.17, 15) is 9.59 Å². The molecule has 12 heteroatoms. The number of carbonyl (C=O) groups is 2. The maximum absolute atomic E-state index is 13.7. The Kier molecular flexibility index (Phi) is 11.5. The number of nitrogens with zero attached hydrogens (tertiary/aromatic N) is 5. The minimum absolute atomic E-state index is 0.0268. The lowest BCUT2D eigenvalue weighted by Gasteiger charge is -2.34. The first-order chi connectivity index (χ1) is 23.7. The van der Waals surface area contributed by atoms with E-state index in [2.05, 4.69) is 49.6 Å². The Morgan fingerprint density at radius 1 is 0.918 bits per heavy atom. The standard InChI is InChI=1S/C37H45N7O5/c1-7-43(8-2)33(45)24-48-29-16-17-31(32(22-29)47-6)49-36-30(35(46)40-34-25(3)10-9-11-26(34)4)23-38-37(41-36)39-27-12-14-28(15-13-27)44-20-18-42(5)19-21-44/h9-17,22-23H,7-8,18-21,24H2,1-6H3,(H,40,46)(H,38,39,41). The Morgan fingerprint density at radius 3 is 2.27 bits per heavy atom. The molecule has 2 N–H and O–H groups in total. The number of anilines is 4. The summed E-state index contributed by atoms with van der Waals surface area (Å²) in [6.45, 7) is 12.8. The number of rotatable bonds is 13. The summed E-state index contributed by atoms with van der Waals surface area (Å²) < 4.78 is 17.6. The van der Waals surface area contributed by atoms with Gasteiger partial charge in [0.25, 0.3) is 11.8 Å². The van der Waals surface area contributed by atoms with E-state index in [1.54, 1.807) is 23.1 Å². The fourth-order valence-electron chi connectivity index (χ4n) is 5.54. The van der Waals surface area contributed by atoms with E-state index in [1.165, 1.54) is 13.3 Å². The molecular weight excluding hydrogens is 622 g/mol. The van der Waals surface area contributed by atoms with Crippen LogP contribution in [0.5, 0.6) is 23.1 Å². The highest BCUT2D eigenvalue weighted by atomic mass is 16.5. The number of aryl methyl sites for hydroxylation is 2. The van der Waals surface area contributed by atoms with Crippen LogP contribution in [0.1, 0.15) is 35.3 Å². The molecule has 2 amide bonds. The fraction of sp³-hybridized carbons (Fsp3) is 0.351. The minimum atomic E-state index is -0.427. The quantitative estimate of drug-likeness (QED) is 0.179. The number of amides is 2. The van der Waals surface area contributed by atoms with Gasteiger partial charge in [-0.15, -0.1) is 0 Å². The Morgan fingerprint density at radius 2 is 1.61 bits per heavy atom. The third kappa shape index (κ3) is 8.76. The molecule has 12 nitrogen and oxygen atoms in total. The Labute approximate surface area is 288 Å². The largest absolute Gasteiger partial charge is 0.493 e. The van der Waals surface area contributed by atoms with Crippen molar-refractivity contribution in [2.75, 3.05) is 75.6 Å². The SMILES string of the molecule is CCN(CC)C(=O)COc1ccc(Oc2nc(Nc3ccc(N4CCN(C)CC4)cc3)ncc2C(=O)Nc2c(C)cccc2C)c(OC)c1. The lowest BCUT2D eigenvalue weighted by atomic mass is 10.1. The summed E-state index contributed by atoms with van der Waals surface area (Å²) in [4.78, 5) is 41.6. The number of methoxy groups -OCH3 is 1. The number of ether oxygens (including phenoxy) is 3. The second-order valence-corrected chi connectivity index (χ2v) is 11.9. The first-order valence-corrected chi connectivity index (χ1v) is 16.5. The Bertz CT molecular complexity index is 1730. The van der Waals surface area contributed by atoms with Crippen LogP contribution in [0.4, 0.5) is 23.0 Å². The summed E-state index contributed by atoms with van der Waals surface area (Å²) in [5, 5.41) is 6.24. The van der Waals surface area contributed by atoms with Gasteiger partial charge in [0.2, 0.25) is 11.8 Å². The van der Waals surface area contributed by atoms with Gasteiger partial charge in [-0.2, -0.15) is 4.98 Å². The van der Waals surface area contributed by atoms with Crippen LogP contribution in [0.3, 0.4) is 0 Å². The third-order valence-corrected chi connectivity index (χ3v) is 8.53. The zero-order valence-corrected chi connectivity index (χ0v) is 29.1. The number of nitrogens with one attached hydrogen (secondary N) is 2. The smallest absolute Gasteiger partial charge is 0.262 e. The highest BCUT2D eigenvalue weighted by Gasteiger charge is 2.21. The van der Waals surface area contributed by atoms with Gasteiger partial charge >= 0.3 is 0 Å². The van der Waals surface area contributed by atoms with E-state index in [1.807, 2.05) is 58.0 Å². The molecule has 1 aliphatic heterocycles. The van der Waals surface area contributed by atoms with E-state index in [4.69, 9.17) is 14.2 Å². The van der Waals surface area contributed by atoms with Crippen LogP contribution in [-0.2, 0) is 4.79 Å². The molecule has 0 atom stereocenters. The molecule has 0 radical (unpaired) electrons. The van der Waals surface area contributed by atoms with Crippen LogP contribution in [0.2, 0.25) is 0 Å². The van der Waals surface area contributed by atoms with Crippen molar-refractivity contribution >= 4 is 34.8 Å². The van der Waals surface area contributed by atoms with Crippen LogP contribution in [0, 0.1) is 13.8 Å². The van der Waals surface area contributed by atoms with E-state index >= 15 is 0 Å². The molecule has 3 aromatic carbocycles. The molecule has 258 valence electrons. The zero-order valence-electron chi connectivity index (χ0n) is 29.1. The Balaban J connectivity index is 1.40. The maximum atomic E-state index is 13.7. The summed E-state index contributed by atoms with van der Waals surface area (Å²) in [7, 11) is 3.64. The van der Waals surface area contributed by atoms with Crippen molar-refractivity contribution in [3.8, 4) is 23.1 Å². The van der Waals surface area contributed by atoms with Gasteiger partial charge in [0, 0.05) is 68.6 Å². The van der Waals surface area contributed by atoms with Crippen LogP contribution < -0.4 is 29.7 Å². The van der Waals surface area contributed by atoms with Crippen molar-refractivity contribution in [1.82, 2.24) is 19.8 Å². The number of aromatic nitrogens is 2. The molecule has 1 aromatic heterocycles. The topological polar surface area (TPSA) is 121 Å². The fourth-order valence-corrected chi connectivity index (χ4v) is 5.54. The molecule has 0 saturated carbocycles. The Hall–Kier alpha value is -5.36. The van der Waals surface area contributed by atoms with Gasteiger partial charge in [-0.05, 0) is 82.3 Å². The van der Waals surface area contributed by atoms with Gasteiger partial charge < -0.3 is 39.5 Å². The van der Waals surface area contributed by atoms with Crippen molar-refractivity contribution in [3.05, 3.63) is 83.6 Å². The molecule has 0 bridgehead atoms. The van der Waals surface area contributed by atoms with Crippen molar-refractivity contribution < 1.29 is 23.8 Å². The average Bonchev–Trinajstić information content (AvgIpc) is 3.10. The molecule has 4 aromatic rings. The first kappa shape index (κ1) is 35.0. The predicted molar refractivity (Wildman–Crippen MR) is 192 cm³/mol. The van der Waals surface area contributed by atoms with Crippen molar-refractivity contribution in [2.45, 2.75) is 27.7 Å². The van der Waals surface area contributed by atoms with Gasteiger partial charge in [0.05, 0.1) is 7.11 Å². The molecule has 5 rings (SSSR count). The number of hydrogen-bond donors (Lipinski definition) is 2. The van der Waals surface area contributed by atoms with Crippen LogP contribution in [0.15, 0.2) is 66.9 Å². The second-order valence-electron chi connectivity index (χ2n) is 11.9. The molecule has 0 aliphatic carbocycles. The lowest BCUT2D eigenvalue weighted by Crippen LogP contribution is -2.44. The number of carbonyl (C=O) groups excluding carboxylic acids is 2. The average molecular weight is 668 g/mol. The van der Waals surface area contributed by atoms with Gasteiger partial charge in [0.15, 0.2) is 18.1 Å². The molecule has 1 fully saturated rings. The molecule has 49 heavy (non-hydrogen) atoms. The van der Waals surface area contributed by atoms with Gasteiger partial charge in [-0.1, -0.05) is 18.2 Å². The molecule has 2 heterocycles. The van der Waals surface area contributed by atoms with Gasteiger partial charge in [-0.3, -0.25) is 9.59 Å². The molecule has 0 unspecified atom stereocenters. The van der Waals surface area contributed by atoms with Crippen LogP contribution >= 0.6 is 0 Å². The summed E-state index contributed by atoms with van der Waals surface area (Å²) in [5.74, 6) is 0.804. The summed E-state index contributed by atoms with van der Waals surface area (Å²) in [5.41, 5.74) is 4.62. The molecule has 0 spiro atoms.